The molecule has 1 atom stereocenters. The van der Waals surface area contributed by atoms with Gasteiger partial charge < -0.3 is 9.47 Å². The second-order valence-electron chi connectivity index (χ2n) is 2.99. The van der Waals surface area contributed by atoms with Crippen LogP contribution in [0.1, 0.15) is 18.5 Å². The monoisotopic (exact) mass is 191 g/mol. The molecule has 0 aliphatic carbocycles. The maximum atomic E-state index is 8.29. The third-order valence-corrected chi connectivity index (χ3v) is 2.10. The van der Waals surface area contributed by atoms with Crippen LogP contribution in [0.2, 0.25) is 0 Å². The summed E-state index contributed by atoms with van der Waals surface area (Å²) in [4.78, 5) is 2.76. The second-order valence-corrected chi connectivity index (χ2v) is 2.99. The molecule has 5 heteroatoms. The fourth-order valence-electron chi connectivity index (χ4n) is 1.32. The lowest BCUT2D eigenvalue weighted by molar-refractivity contribution is 0.174. The van der Waals surface area contributed by atoms with Gasteiger partial charge in [0.15, 0.2) is 11.5 Å². The predicted molar refractivity (Wildman–Crippen MR) is 50.1 cm³/mol. The van der Waals surface area contributed by atoms with E-state index in [1.165, 1.54) is 0 Å². The number of hydrogen-bond donors (Lipinski definition) is 0. The molecule has 2 rings (SSSR count). The molecule has 1 aromatic carbocycles. The van der Waals surface area contributed by atoms with Gasteiger partial charge in [0.2, 0.25) is 6.79 Å². The summed E-state index contributed by atoms with van der Waals surface area (Å²) in [6.07, 6.45) is 0. The van der Waals surface area contributed by atoms with Gasteiger partial charge in [0.05, 0.1) is 6.04 Å². The van der Waals surface area contributed by atoms with Gasteiger partial charge >= 0.3 is 0 Å². The highest BCUT2D eigenvalue weighted by atomic mass is 16.7. The molecule has 1 unspecified atom stereocenters. The Hall–Kier alpha value is -1.87. The van der Waals surface area contributed by atoms with Crippen LogP contribution in [0.5, 0.6) is 11.5 Å². The molecule has 1 aliphatic heterocycles. The van der Waals surface area contributed by atoms with Crippen molar-refractivity contribution in [3.05, 3.63) is 34.2 Å². The third kappa shape index (κ3) is 1.45. The van der Waals surface area contributed by atoms with E-state index < -0.39 is 0 Å². The average molecular weight is 191 g/mol. The summed E-state index contributed by atoms with van der Waals surface area (Å²) in [5.41, 5.74) is 9.22. The molecule has 0 radical (unpaired) electrons. The maximum absolute atomic E-state index is 8.29. The van der Waals surface area contributed by atoms with Crippen LogP contribution in [0, 0.1) is 0 Å². The van der Waals surface area contributed by atoms with Crippen molar-refractivity contribution in [1.29, 1.82) is 0 Å². The van der Waals surface area contributed by atoms with Crippen LogP contribution in [-0.2, 0) is 0 Å². The minimum absolute atomic E-state index is 0.186. The molecule has 0 bridgehead atoms. The van der Waals surface area contributed by atoms with E-state index >= 15 is 0 Å². The Morgan fingerprint density at radius 3 is 3.00 bits per heavy atom. The summed E-state index contributed by atoms with van der Waals surface area (Å²) in [6.45, 7) is 2.09. The van der Waals surface area contributed by atoms with Crippen LogP contribution < -0.4 is 9.47 Å². The first-order chi connectivity index (χ1) is 6.81. The lowest BCUT2D eigenvalue weighted by Crippen LogP contribution is -1.93. The summed E-state index contributed by atoms with van der Waals surface area (Å²) < 4.78 is 10.4. The van der Waals surface area contributed by atoms with E-state index in [1.54, 1.807) is 0 Å². The smallest absolute Gasteiger partial charge is 0.231 e. The SMILES string of the molecule is CC(N=[N+]=[N-])c1ccc2c(c1)OCO2. The number of ether oxygens (including phenoxy) is 2. The Morgan fingerprint density at radius 2 is 2.21 bits per heavy atom. The number of nitrogens with zero attached hydrogens (tertiary/aromatic N) is 3. The van der Waals surface area contributed by atoms with Gasteiger partial charge in [-0.3, -0.25) is 0 Å². The standard InChI is InChI=1S/C9H9N3O2/c1-6(11-12-10)7-2-3-8-9(4-7)14-5-13-8/h2-4,6H,5H2,1H3. The summed E-state index contributed by atoms with van der Waals surface area (Å²) >= 11 is 0. The molecule has 0 fully saturated rings. The molecule has 1 heterocycles. The highest BCUT2D eigenvalue weighted by molar-refractivity contribution is 5.45. The van der Waals surface area contributed by atoms with Crippen LogP contribution in [0.3, 0.4) is 0 Å². The van der Waals surface area contributed by atoms with Gasteiger partial charge in [-0.2, -0.15) is 0 Å². The van der Waals surface area contributed by atoms with E-state index in [9.17, 15) is 0 Å². The molecule has 0 saturated heterocycles. The minimum atomic E-state index is -0.186. The van der Waals surface area contributed by atoms with Crippen molar-refractivity contribution in [2.45, 2.75) is 13.0 Å². The highest BCUT2D eigenvalue weighted by Crippen LogP contribution is 2.34. The Bertz CT molecular complexity index is 399. The van der Waals surface area contributed by atoms with Crippen molar-refractivity contribution in [2.75, 3.05) is 6.79 Å². The zero-order valence-corrected chi connectivity index (χ0v) is 7.67. The second kappa shape index (κ2) is 3.47. The van der Waals surface area contributed by atoms with Crippen LogP contribution in [-0.4, -0.2) is 6.79 Å². The molecule has 0 aromatic heterocycles. The van der Waals surface area contributed by atoms with Gasteiger partial charge in [-0.15, -0.1) is 0 Å². The van der Waals surface area contributed by atoms with Gasteiger partial charge in [0.1, 0.15) is 0 Å². The summed E-state index contributed by atoms with van der Waals surface area (Å²) in [7, 11) is 0. The topological polar surface area (TPSA) is 67.2 Å². The average Bonchev–Trinajstić information content (AvgIpc) is 2.64. The van der Waals surface area contributed by atoms with Crippen molar-refractivity contribution in [1.82, 2.24) is 0 Å². The van der Waals surface area contributed by atoms with Crippen LogP contribution in [0.25, 0.3) is 10.4 Å². The lowest BCUT2D eigenvalue weighted by atomic mass is 10.1. The van der Waals surface area contributed by atoms with Crippen molar-refractivity contribution < 1.29 is 9.47 Å². The molecule has 0 N–H and O–H groups in total. The van der Waals surface area contributed by atoms with Crippen molar-refractivity contribution >= 4 is 0 Å². The first kappa shape index (κ1) is 8.72. The van der Waals surface area contributed by atoms with E-state index in [1.807, 2.05) is 25.1 Å². The fourth-order valence-corrected chi connectivity index (χ4v) is 1.32. The number of rotatable bonds is 2. The van der Waals surface area contributed by atoms with Crippen LogP contribution in [0.15, 0.2) is 23.3 Å². The minimum Gasteiger partial charge on any atom is -0.454 e. The highest BCUT2D eigenvalue weighted by Gasteiger charge is 2.14. The molecular formula is C9H9N3O2. The predicted octanol–water partition coefficient (Wildman–Crippen LogP) is 2.79. The van der Waals surface area contributed by atoms with Gasteiger partial charge in [-0.1, -0.05) is 18.1 Å². The first-order valence-electron chi connectivity index (χ1n) is 4.25. The number of hydrogen-bond acceptors (Lipinski definition) is 3. The van der Waals surface area contributed by atoms with E-state index in [2.05, 4.69) is 10.0 Å². The third-order valence-electron chi connectivity index (χ3n) is 2.10. The van der Waals surface area contributed by atoms with E-state index in [0.717, 1.165) is 11.3 Å². The Balaban J connectivity index is 2.32. The maximum Gasteiger partial charge on any atom is 0.231 e. The molecular weight excluding hydrogens is 182 g/mol. The quantitative estimate of drug-likeness (QED) is 0.409. The zero-order chi connectivity index (χ0) is 9.97. The van der Waals surface area contributed by atoms with Gasteiger partial charge in [-0.25, -0.2) is 0 Å². The molecule has 1 aromatic rings. The van der Waals surface area contributed by atoms with E-state index in [4.69, 9.17) is 15.0 Å². The van der Waals surface area contributed by atoms with E-state index in [0.29, 0.717) is 5.75 Å². The van der Waals surface area contributed by atoms with Gasteiger partial charge in [-0.05, 0) is 23.2 Å². The molecule has 0 amide bonds. The van der Waals surface area contributed by atoms with Gasteiger partial charge in [0, 0.05) is 4.91 Å². The lowest BCUT2D eigenvalue weighted by Gasteiger charge is -2.05. The van der Waals surface area contributed by atoms with Crippen molar-refractivity contribution in [3.63, 3.8) is 0 Å². The van der Waals surface area contributed by atoms with Crippen LogP contribution in [0.4, 0.5) is 0 Å². The molecule has 1 aliphatic rings. The molecule has 5 nitrogen and oxygen atoms in total. The van der Waals surface area contributed by atoms with E-state index in [-0.39, 0.29) is 12.8 Å². The number of fused-ring (bicyclic) bond motifs is 1. The zero-order valence-electron chi connectivity index (χ0n) is 7.67. The molecule has 0 saturated carbocycles. The Morgan fingerprint density at radius 1 is 1.43 bits per heavy atom. The Kier molecular flexibility index (Phi) is 2.16. The largest absolute Gasteiger partial charge is 0.454 e. The normalized spacial score (nSPS) is 14.6. The summed E-state index contributed by atoms with van der Waals surface area (Å²) in [5, 5.41) is 3.60. The first-order valence-corrected chi connectivity index (χ1v) is 4.25. The van der Waals surface area contributed by atoms with Crippen LogP contribution >= 0.6 is 0 Å². The number of azide groups is 1. The molecule has 14 heavy (non-hydrogen) atoms. The van der Waals surface area contributed by atoms with Gasteiger partial charge in [0.25, 0.3) is 0 Å². The molecule has 0 spiro atoms. The summed E-state index contributed by atoms with van der Waals surface area (Å²) in [5.74, 6) is 1.45. The summed E-state index contributed by atoms with van der Waals surface area (Å²) in [6, 6.07) is 5.34. The number of benzene rings is 1. The Labute approximate surface area is 80.9 Å². The van der Waals surface area contributed by atoms with Crippen molar-refractivity contribution in [2.24, 2.45) is 5.11 Å². The van der Waals surface area contributed by atoms with Crippen molar-refractivity contribution in [3.8, 4) is 11.5 Å². The molecule has 72 valence electrons. The fraction of sp³-hybridized carbons (Fsp3) is 0.333.